The van der Waals surface area contributed by atoms with Crippen LogP contribution in [0.4, 0.5) is 0 Å². The molecule has 0 bridgehead atoms. The summed E-state index contributed by atoms with van der Waals surface area (Å²) in [7, 11) is 0. The van der Waals surface area contributed by atoms with Crippen molar-refractivity contribution in [2.75, 3.05) is 12.3 Å². The van der Waals surface area contributed by atoms with Crippen LogP contribution in [-0.2, 0) is 13.1 Å². The van der Waals surface area contributed by atoms with Gasteiger partial charge >= 0.3 is 0 Å². The van der Waals surface area contributed by atoms with Crippen LogP contribution in [0.2, 0.25) is 0 Å². The Bertz CT molecular complexity index is 584. The number of imidazole rings is 1. The third-order valence-corrected chi connectivity index (χ3v) is 5.67. The van der Waals surface area contributed by atoms with Gasteiger partial charge in [-0.1, -0.05) is 12.1 Å². The predicted octanol–water partition coefficient (Wildman–Crippen LogP) is 3.43. The third kappa shape index (κ3) is 2.72. The number of aromatic nitrogens is 2. The molecule has 1 saturated heterocycles. The van der Waals surface area contributed by atoms with E-state index in [9.17, 15) is 0 Å². The van der Waals surface area contributed by atoms with Crippen molar-refractivity contribution >= 4 is 22.8 Å². The van der Waals surface area contributed by atoms with E-state index in [1.807, 2.05) is 0 Å². The highest BCUT2D eigenvalue weighted by atomic mass is 32.2. The first kappa shape index (κ1) is 14.0. The first-order chi connectivity index (χ1) is 9.72. The first-order valence-corrected chi connectivity index (χ1v) is 8.49. The molecule has 20 heavy (non-hydrogen) atoms. The lowest BCUT2D eigenvalue weighted by molar-refractivity contribution is 0.522. The van der Waals surface area contributed by atoms with Crippen molar-refractivity contribution in [3.8, 4) is 0 Å². The van der Waals surface area contributed by atoms with Crippen LogP contribution in [0.1, 0.15) is 32.5 Å². The molecule has 3 rings (SSSR count). The van der Waals surface area contributed by atoms with Gasteiger partial charge in [0, 0.05) is 17.8 Å². The average Bonchev–Trinajstić information content (AvgIpc) is 3.02. The molecule has 0 spiro atoms. The number of nitrogens with zero attached hydrogens (tertiary/aromatic N) is 2. The molecule has 1 atom stereocenters. The van der Waals surface area contributed by atoms with Crippen molar-refractivity contribution in [1.82, 2.24) is 14.9 Å². The molecule has 2 heterocycles. The second-order valence-electron chi connectivity index (χ2n) is 5.77. The Morgan fingerprint density at radius 3 is 3.00 bits per heavy atom. The summed E-state index contributed by atoms with van der Waals surface area (Å²) in [5, 5.41) is 3.62. The molecular weight excluding hydrogens is 266 g/mol. The van der Waals surface area contributed by atoms with Gasteiger partial charge in [0.15, 0.2) is 0 Å². The molecule has 1 aliphatic rings. The van der Waals surface area contributed by atoms with E-state index in [-0.39, 0.29) is 0 Å². The highest BCUT2D eigenvalue weighted by Crippen LogP contribution is 2.37. The number of aryl methyl sites for hydroxylation is 1. The number of hydrogen-bond acceptors (Lipinski definition) is 3. The molecule has 0 amide bonds. The van der Waals surface area contributed by atoms with E-state index in [1.54, 1.807) is 0 Å². The number of para-hydroxylation sites is 2. The van der Waals surface area contributed by atoms with Crippen LogP contribution in [0.15, 0.2) is 24.3 Å². The Kier molecular flexibility index (Phi) is 4.03. The number of rotatable bonds is 5. The summed E-state index contributed by atoms with van der Waals surface area (Å²) in [4.78, 5) is 4.76. The monoisotopic (exact) mass is 289 g/mol. The zero-order valence-electron chi connectivity index (χ0n) is 12.4. The Labute approximate surface area is 125 Å². The van der Waals surface area contributed by atoms with Crippen molar-refractivity contribution in [3.63, 3.8) is 0 Å². The van der Waals surface area contributed by atoms with Crippen molar-refractivity contribution in [3.05, 3.63) is 30.1 Å². The molecule has 4 heteroatoms. The fourth-order valence-electron chi connectivity index (χ4n) is 3.03. The van der Waals surface area contributed by atoms with E-state index in [0.717, 1.165) is 31.0 Å². The second-order valence-corrected chi connectivity index (χ2v) is 7.45. The molecule has 1 N–H and O–H groups in total. The number of hydrogen-bond donors (Lipinski definition) is 1. The van der Waals surface area contributed by atoms with E-state index < -0.39 is 0 Å². The Morgan fingerprint density at radius 2 is 2.25 bits per heavy atom. The SMILES string of the molecule is CCn1c(CNCC2(C)CCCS2)nc2ccccc21. The zero-order chi connectivity index (χ0) is 14.0. The maximum absolute atomic E-state index is 4.76. The summed E-state index contributed by atoms with van der Waals surface area (Å²) in [6.45, 7) is 7.47. The lowest BCUT2D eigenvalue weighted by atomic mass is 10.1. The van der Waals surface area contributed by atoms with Crippen molar-refractivity contribution < 1.29 is 0 Å². The summed E-state index contributed by atoms with van der Waals surface area (Å²) < 4.78 is 2.73. The highest BCUT2D eigenvalue weighted by Gasteiger charge is 2.28. The lowest BCUT2D eigenvalue weighted by Gasteiger charge is -2.22. The van der Waals surface area contributed by atoms with Crippen LogP contribution in [0.3, 0.4) is 0 Å². The number of thioether (sulfide) groups is 1. The summed E-state index contributed by atoms with van der Waals surface area (Å²) in [6.07, 6.45) is 2.69. The number of benzene rings is 1. The molecular formula is C16H23N3S. The maximum Gasteiger partial charge on any atom is 0.123 e. The molecule has 2 aromatic rings. The van der Waals surface area contributed by atoms with Gasteiger partial charge in [-0.2, -0.15) is 11.8 Å². The van der Waals surface area contributed by atoms with Crippen LogP contribution < -0.4 is 5.32 Å². The number of nitrogens with one attached hydrogen (secondary N) is 1. The minimum atomic E-state index is 0.420. The van der Waals surface area contributed by atoms with Crippen LogP contribution in [0.5, 0.6) is 0 Å². The van der Waals surface area contributed by atoms with Crippen molar-refractivity contribution in [1.29, 1.82) is 0 Å². The van der Waals surface area contributed by atoms with Crippen LogP contribution in [0.25, 0.3) is 11.0 Å². The van der Waals surface area contributed by atoms with Crippen molar-refractivity contribution in [2.45, 2.75) is 44.5 Å². The average molecular weight is 289 g/mol. The van der Waals surface area contributed by atoms with Gasteiger partial charge in [0.2, 0.25) is 0 Å². The Balaban J connectivity index is 1.71. The van der Waals surface area contributed by atoms with Crippen LogP contribution >= 0.6 is 11.8 Å². The lowest BCUT2D eigenvalue weighted by Crippen LogP contribution is -2.33. The van der Waals surface area contributed by atoms with E-state index in [4.69, 9.17) is 4.98 Å². The van der Waals surface area contributed by atoms with Gasteiger partial charge < -0.3 is 9.88 Å². The normalized spacial score (nSPS) is 22.7. The Morgan fingerprint density at radius 1 is 1.40 bits per heavy atom. The summed E-state index contributed by atoms with van der Waals surface area (Å²) >= 11 is 2.11. The van der Waals surface area contributed by atoms with Gasteiger partial charge in [-0.15, -0.1) is 0 Å². The molecule has 0 radical (unpaired) electrons. The zero-order valence-corrected chi connectivity index (χ0v) is 13.2. The molecule has 0 saturated carbocycles. The fraction of sp³-hybridized carbons (Fsp3) is 0.562. The molecule has 0 aliphatic carbocycles. The van der Waals surface area contributed by atoms with E-state index >= 15 is 0 Å². The quantitative estimate of drug-likeness (QED) is 0.914. The standard InChI is InChI=1S/C16H23N3S/c1-3-19-14-8-5-4-7-13(14)18-15(19)11-17-12-16(2)9-6-10-20-16/h4-5,7-8,17H,3,6,9-12H2,1-2H3. The topological polar surface area (TPSA) is 29.9 Å². The fourth-order valence-corrected chi connectivity index (χ4v) is 4.30. The molecule has 1 aromatic carbocycles. The Hall–Kier alpha value is -1.00. The summed E-state index contributed by atoms with van der Waals surface area (Å²) in [5.41, 5.74) is 2.35. The molecule has 108 valence electrons. The summed E-state index contributed by atoms with van der Waals surface area (Å²) in [6, 6.07) is 8.40. The maximum atomic E-state index is 4.76. The molecule has 1 unspecified atom stereocenters. The van der Waals surface area contributed by atoms with E-state index in [0.29, 0.717) is 4.75 Å². The third-order valence-electron chi connectivity index (χ3n) is 4.13. The van der Waals surface area contributed by atoms with Gasteiger partial charge in [-0.05, 0) is 44.6 Å². The van der Waals surface area contributed by atoms with Crippen LogP contribution in [0, 0.1) is 0 Å². The van der Waals surface area contributed by atoms with Crippen molar-refractivity contribution in [2.24, 2.45) is 0 Å². The molecule has 1 aliphatic heterocycles. The highest BCUT2D eigenvalue weighted by molar-refractivity contribution is 8.00. The molecule has 1 aromatic heterocycles. The minimum Gasteiger partial charge on any atom is -0.327 e. The number of fused-ring (bicyclic) bond motifs is 1. The minimum absolute atomic E-state index is 0.420. The van der Waals surface area contributed by atoms with Gasteiger partial charge in [0.1, 0.15) is 5.82 Å². The first-order valence-electron chi connectivity index (χ1n) is 7.51. The van der Waals surface area contributed by atoms with E-state index in [2.05, 4.69) is 59.8 Å². The van der Waals surface area contributed by atoms with Gasteiger partial charge in [-0.3, -0.25) is 0 Å². The van der Waals surface area contributed by atoms with Crippen LogP contribution in [-0.4, -0.2) is 26.6 Å². The van der Waals surface area contributed by atoms with Gasteiger partial charge in [0.25, 0.3) is 0 Å². The second kappa shape index (κ2) is 5.78. The van der Waals surface area contributed by atoms with Gasteiger partial charge in [-0.25, -0.2) is 4.98 Å². The molecule has 3 nitrogen and oxygen atoms in total. The van der Waals surface area contributed by atoms with E-state index in [1.165, 1.54) is 24.1 Å². The largest absolute Gasteiger partial charge is 0.327 e. The predicted molar refractivity (Wildman–Crippen MR) is 87.2 cm³/mol. The summed E-state index contributed by atoms with van der Waals surface area (Å²) in [5.74, 6) is 2.46. The van der Waals surface area contributed by atoms with Gasteiger partial charge in [0.05, 0.1) is 17.6 Å². The smallest absolute Gasteiger partial charge is 0.123 e. The molecule has 1 fully saturated rings.